The molecule has 39 valence electrons. The van der Waals surface area contributed by atoms with Gasteiger partial charge in [-0.2, -0.15) is 0 Å². The Morgan fingerprint density at radius 2 is 2.43 bits per heavy atom. The van der Waals surface area contributed by atoms with E-state index in [0.717, 1.165) is 0 Å². The zero-order chi connectivity index (χ0) is 5.70. The van der Waals surface area contributed by atoms with Gasteiger partial charge in [0, 0.05) is 0 Å². The highest BCUT2D eigenvalue weighted by Gasteiger charge is 1.84. The Kier molecular flexibility index (Phi) is 2.67. The summed E-state index contributed by atoms with van der Waals surface area (Å²) in [6.07, 6.45) is 1.44. The van der Waals surface area contributed by atoms with Crippen molar-refractivity contribution in [1.82, 2.24) is 5.32 Å². The van der Waals surface area contributed by atoms with Crippen LogP contribution in [0, 0.1) is 0 Å². The van der Waals surface area contributed by atoms with Crippen LogP contribution in [0.3, 0.4) is 0 Å². The number of carbonyl (C=O) groups excluding carboxylic acids is 2. The maximum atomic E-state index is 9.69. The Labute approximate surface area is 40.7 Å². The number of hydrogen-bond donors (Lipinski definition) is 2. The lowest BCUT2D eigenvalue weighted by Crippen LogP contribution is -2.30. The average Bonchev–Trinajstić information content (AvgIpc) is 1.61. The molecule has 3 N–H and O–H groups in total. The highest BCUT2D eigenvalue weighted by molar-refractivity contribution is 5.74. The third-order valence-electron chi connectivity index (χ3n) is 0.335. The van der Waals surface area contributed by atoms with E-state index in [1.54, 1.807) is 0 Å². The van der Waals surface area contributed by atoms with Crippen LogP contribution in [0.2, 0.25) is 0 Å². The molecule has 0 unspecified atom stereocenters. The normalized spacial score (nSPS) is 7.43. The molecule has 0 spiro atoms. The number of nitrogens with one attached hydrogen (secondary N) is 1. The molecule has 0 aromatic heterocycles. The molecule has 0 aliphatic rings. The summed E-state index contributed by atoms with van der Waals surface area (Å²) in [6, 6.07) is -0.705. The van der Waals surface area contributed by atoms with Gasteiger partial charge in [-0.1, -0.05) is 0 Å². The van der Waals surface area contributed by atoms with Gasteiger partial charge in [0.2, 0.25) is 6.29 Å². The summed E-state index contributed by atoms with van der Waals surface area (Å²) in [6.45, 7) is -0.130. The number of urea groups is 1. The van der Waals surface area contributed by atoms with E-state index >= 15 is 0 Å². The van der Waals surface area contributed by atoms with Gasteiger partial charge in [-0.15, -0.1) is 0 Å². The first-order valence-electron chi connectivity index (χ1n) is 1.65. The van der Waals surface area contributed by atoms with Crippen LogP contribution < -0.4 is 11.1 Å². The summed E-state index contributed by atoms with van der Waals surface area (Å²) in [4.78, 5) is 19.0. The summed E-state index contributed by atoms with van der Waals surface area (Å²) in [5, 5.41) is 2.01. The zero-order valence-corrected chi connectivity index (χ0v) is 3.60. The molecule has 0 aromatic carbocycles. The van der Waals surface area contributed by atoms with Crippen LogP contribution >= 0.6 is 0 Å². The van der Waals surface area contributed by atoms with Gasteiger partial charge < -0.3 is 11.1 Å². The molecule has 0 atom stereocenters. The van der Waals surface area contributed by atoms with Crippen LogP contribution in [-0.4, -0.2) is 18.9 Å². The van der Waals surface area contributed by atoms with Crippen LogP contribution in [0.1, 0.15) is 0 Å². The van der Waals surface area contributed by atoms with Crippen molar-refractivity contribution in [2.45, 2.75) is 0 Å². The smallest absolute Gasteiger partial charge is 0.312 e. The molecule has 1 radical (unpaired) electrons. The number of carbonyl (C=O) groups is 1. The highest BCUT2D eigenvalue weighted by Crippen LogP contribution is 1.48. The monoisotopic (exact) mass is 101 g/mol. The molecule has 0 saturated carbocycles. The summed E-state index contributed by atoms with van der Waals surface area (Å²) < 4.78 is 0. The van der Waals surface area contributed by atoms with Gasteiger partial charge in [-0.3, -0.25) is 4.79 Å². The van der Waals surface area contributed by atoms with E-state index in [-0.39, 0.29) is 6.54 Å². The van der Waals surface area contributed by atoms with E-state index in [1.165, 1.54) is 6.29 Å². The van der Waals surface area contributed by atoms with Gasteiger partial charge in [0.25, 0.3) is 0 Å². The molecule has 0 saturated heterocycles. The molecule has 4 nitrogen and oxygen atoms in total. The lowest BCUT2D eigenvalue weighted by atomic mass is 10.7. The molecule has 0 fully saturated rings. The zero-order valence-electron chi connectivity index (χ0n) is 3.60. The number of rotatable bonds is 2. The molecule has 2 amide bonds. The fourth-order valence-corrected chi connectivity index (χ4v) is 0.123. The Morgan fingerprint density at radius 3 is 2.57 bits per heavy atom. The molecule has 0 aliphatic carbocycles. The number of primary amides is 1. The van der Waals surface area contributed by atoms with Crippen molar-refractivity contribution >= 4 is 12.3 Å². The van der Waals surface area contributed by atoms with Gasteiger partial charge in [-0.25, -0.2) is 4.79 Å². The molecular formula is C3H5N2O2. The van der Waals surface area contributed by atoms with Crippen molar-refractivity contribution in [3.05, 3.63) is 0 Å². The Hall–Kier alpha value is -1.06. The minimum atomic E-state index is -0.705. The predicted molar refractivity (Wildman–Crippen MR) is 23.3 cm³/mol. The third kappa shape index (κ3) is 4.94. The first-order valence-corrected chi connectivity index (χ1v) is 1.65. The van der Waals surface area contributed by atoms with E-state index in [1.807, 2.05) is 5.32 Å². The van der Waals surface area contributed by atoms with Crippen molar-refractivity contribution in [2.75, 3.05) is 6.54 Å². The van der Waals surface area contributed by atoms with Crippen LogP contribution in [0.5, 0.6) is 0 Å². The molecule has 7 heavy (non-hydrogen) atoms. The quantitative estimate of drug-likeness (QED) is 0.457. The van der Waals surface area contributed by atoms with Crippen molar-refractivity contribution in [1.29, 1.82) is 0 Å². The summed E-state index contributed by atoms with van der Waals surface area (Å²) in [7, 11) is 0. The molecule has 0 rings (SSSR count). The standard InChI is InChI=1S/C3H5N2O2/c4-3(7)5-1-2-6/h1H2,(H3,4,5,7). The van der Waals surface area contributed by atoms with Crippen molar-refractivity contribution in [2.24, 2.45) is 5.73 Å². The van der Waals surface area contributed by atoms with Crippen molar-refractivity contribution in [3.63, 3.8) is 0 Å². The van der Waals surface area contributed by atoms with Crippen molar-refractivity contribution < 1.29 is 9.59 Å². The second-order valence-corrected chi connectivity index (χ2v) is 0.862. The fraction of sp³-hybridized carbons (Fsp3) is 0.333. The van der Waals surface area contributed by atoms with Crippen LogP contribution in [0.15, 0.2) is 0 Å². The van der Waals surface area contributed by atoms with Gasteiger partial charge in [0.1, 0.15) is 0 Å². The highest BCUT2D eigenvalue weighted by atomic mass is 16.2. The van der Waals surface area contributed by atoms with Crippen molar-refractivity contribution in [3.8, 4) is 0 Å². The Balaban J connectivity index is 2.97. The maximum absolute atomic E-state index is 9.69. The van der Waals surface area contributed by atoms with Gasteiger partial charge in [0.15, 0.2) is 0 Å². The lowest BCUT2D eigenvalue weighted by Gasteiger charge is -1.87. The summed E-state index contributed by atoms with van der Waals surface area (Å²) in [5.74, 6) is 0. The molecular weight excluding hydrogens is 96.0 g/mol. The topological polar surface area (TPSA) is 72.2 Å². The van der Waals surface area contributed by atoms with E-state index in [0.29, 0.717) is 0 Å². The predicted octanol–water partition coefficient (Wildman–Crippen LogP) is -1.24. The number of hydrogen-bond acceptors (Lipinski definition) is 2. The average molecular weight is 101 g/mol. The van der Waals surface area contributed by atoms with E-state index in [4.69, 9.17) is 0 Å². The second kappa shape index (κ2) is 3.14. The molecule has 4 heteroatoms. The lowest BCUT2D eigenvalue weighted by molar-refractivity contribution is 0.250. The molecule has 0 bridgehead atoms. The molecule has 0 aliphatic heterocycles. The van der Waals surface area contributed by atoms with Gasteiger partial charge in [0.05, 0.1) is 6.54 Å². The summed E-state index contributed by atoms with van der Waals surface area (Å²) in [5.41, 5.74) is 4.55. The SMILES string of the molecule is NC(=O)NC[C]=O. The van der Waals surface area contributed by atoms with E-state index in [9.17, 15) is 9.59 Å². The van der Waals surface area contributed by atoms with Gasteiger partial charge >= 0.3 is 6.03 Å². The number of nitrogens with two attached hydrogens (primary N) is 1. The maximum Gasteiger partial charge on any atom is 0.312 e. The van der Waals surface area contributed by atoms with Crippen LogP contribution in [0.4, 0.5) is 4.79 Å². The molecule has 0 heterocycles. The largest absolute Gasteiger partial charge is 0.352 e. The number of amides is 2. The third-order valence-corrected chi connectivity index (χ3v) is 0.335. The fourth-order valence-electron chi connectivity index (χ4n) is 0.123. The van der Waals surface area contributed by atoms with E-state index < -0.39 is 6.03 Å². The minimum absolute atomic E-state index is 0.130. The van der Waals surface area contributed by atoms with Crippen LogP contribution in [-0.2, 0) is 4.79 Å². The first kappa shape index (κ1) is 5.94. The summed E-state index contributed by atoms with van der Waals surface area (Å²) >= 11 is 0. The Bertz CT molecular complexity index is 81.0. The Morgan fingerprint density at radius 1 is 1.86 bits per heavy atom. The van der Waals surface area contributed by atoms with Gasteiger partial charge in [-0.05, 0) is 0 Å². The minimum Gasteiger partial charge on any atom is -0.352 e. The molecule has 0 aromatic rings. The second-order valence-electron chi connectivity index (χ2n) is 0.862. The van der Waals surface area contributed by atoms with E-state index in [2.05, 4.69) is 5.73 Å². The first-order chi connectivity index (χ1) is 3.27. The van der Waals surface area contributed by atoms with Crippen LogP contribution in [0.25, 0.3) is 0 Å².